The Bertz CT molecular complexity index is 664. The molecule has 2 heterocycles. The minimum atomic E-state index is -0.316. The van der Waals surface area contributed by atoms with Gasteiger partial charge in [-0.2, -0.15) is 10.2 Å². The predicted octanol–water partition coefficient (Wildman–Crippen LogP) is 0.376. The Labute approximate surface area is 126 Å². The topological polar surface area (TPSA) is 105 Å². The molecule has 0 unspecified atom stereocenters. The van der Waals surface area contributed by atoms with Crippen LogP contribution in [0.4, 0.5) is 11.5 Å². The van der Waals surface area contributed by atoms with Crippen LogP contribution >= 0.6 is 11.6 Å². The summed E-state index contributed by atoms with van der Waals surface area (Å²) in [6, 6.07) is 0. The molecular formula is C12H18ClN7O. The smallest absolute Gasteiger partial charge is 0.287 e. The number of nitrogens with two attached hydrogens (primary N) is 1. The number of aromatic nitrogens is 4. The van der Waals surface area contributed by atoms with Crippen molar-refractivity contribution in [3.8, 4) is 0 Å². The van der Waals surface area contributed by atoms with E-state index in [1.165, 1.54) is 10.9 Å². The van der Waals surface area contributed by atoms with Crippen LogP contribution in [-0.4, -0.2) is 45.5 Å². The molecule has 0 atom stereocenters. The van der Waals surface area contributed by atoms with Gasteiger partial charge in [-0.05, 0) is 14.1 Å². The molecule has 0 amide bonds. The van der Waals surface area contributed by atoms with E-state index in [1.807, 2.05) is 19.0 Å². The number of aromatic amines is 1. The summed E-state index contributed by atoms with van der Waals surface area (Å²) in [6.07, 6.45) is 3.15. The standard InChI is InChI=1S/C12H18ClN7O/c1-19(2)3-4-20-12(21)10(13)9(7-17-20)15-5-8-6-16-18-11(8)14/h6-7,15H,3-5H2,1-2H3,(H3,14,16,18). The second-order valence-electron chi connectivity index (χ2n) is 4.87. The first-order valence-corrected chi connectivity index (χ1v) is 6.78. The lowest BCUT2D eigenvalue weighted by Crippen LogP contribution is -2.29. The molecule has 0 aliphatic heterocycles. The molecular weight excluding hydrogens is 294 g/mol. The number of nitrogens with one attached hydrogen (secondary N) is 2. The summed E-state index contributed by atoms with van der Waals surface area (Å²) in [4.78, 5) is 14.1. The Morgan fingerprint density at radius 3 is 2.86 bits per heavy atom. The van der Waals surface area contributed by atoms with Crippen LogP contribution in [0.2, 0.25) is 5.02 Å². The quantitative estimate of drug-likeness (QED) is 0.712. The average Bonchev–Trinajstić information content (AvgIpc) is 2.85. The van der Waals surface area contributed by atoms with E-state index in [4.69, 9.17) is 17.3 Å². The molecule has 0 saturated heterocycles. The molecule has 0 fully saturated rings. The summed E-state index contributed by atoms with van der Waals surface area (Å²) in [6.45, 7) is 1.60. The summed E-state index contributed by atoms with van der Waals surface area (Å²) < 4.78 is 1.35. The lowest BCUT2D eigenvalue weighted by molar-refractivity contribution is 0.367. The first-order chi connectivity index (χ1) is 9.99. The number of halogens is 1. The van der Waals surface area contributed by atoms with Crippen LogP contribution in [0.15, 0.2) is 17.2 Å². The van der Waals surface area contributed by atoms with Crippen LogP contribution in [0.5, 0.6) is 0 Å². The fraction of sp³-hybridized carbons (Fsp3) is 0.417. The average molecular weight is 312 g/mol. The number of hydrogen-bond donors (Lipinski definition) is 3. The van der Waals surface area contributed by atoms with Crippen LogP contribution in [0.25, 0.3) is 0 Å². The molecule has 2 aromatic heterocycles. The van der Waals surface area contributed by atoms with Gasteiger partial charge in [0.25, 0.3) is 5.56 Å². The van der Waals surface area contributed by atoms with Gasteiger partial charge in [0.05, 0.1) is 24.6 Å². The normalized spacial score (nSPS) is 11.0. The molecule has 0 saturated carbocycles. The number of anilines is 2. The largest absolute Gasteiger partial charge is 0.384 e. The number of hydrogen-bond acceptors (Lipinski definition) is 6. The zero-order valence-corrected chi connectivity index (χ0v) is 12.7. The van der Waals surface area contributed by atoms with Gasteiger partial charge in [-0.15, -0.1) is 0 Å². The fourth-order valence-corrected chi connectivity index (χ4v) is 1.91. The van der Waals surface area contributed by atoms with Gasteiger partial charge in [0.1, 0.15) is 10.8 Å². The maximum Gasteiger partial charge on any atom is 0.287 e. The Morgan fingerprint density at radius 1 is 1.48 bits per heavy atom. The first kappa shape index (κ1) is 15.3. The van der Waals surface area contributed by atoms with E-state index >= 15 is 0 Å². The lowest BCUT2D eigenvalue weighted by atomic mass is 10.3. The van der Waals surface area contributed by atoms with Gasteiger partial charge < -0.3 is 16.0 Å². The van der Waals surface area contributed by atoms with Crippen molar-refractivity contribution in [1.29, 1.82) is 0 Å². The van der Waals surface area contributed by atoms with Crippen molar-refractivity contribution in [3.05, 3.63) is 33.3 Å². The van der Waals surface area contributed by atoms with E-state index in [1.54, 1.807) is 6.20 Å². The highest BCUT2D eigenvalue weighted by molar-refractivity contribution is 6.32. The molecule has 0 bridgehead atoms. The minimum absolute atomic E-state index is 0.117. The van der Waals surface area contributed by atoms with E-state index in [2.05, 4.69) is 20.6 Å². The second kappa shape index (κ2) is 6.59. The maximum absolute atomic E-state index is 12.1. The van der Waals surface area contributed by atoms with Gasteiger partial charge in [0.15, 0.2) is 0 Å². The van der Waals surface area contributed by atoms with Crippen molar-refractivity contribution in [2.75, 3.05) is 31.7 Å². The van der Waals surface area contributed by atoms with Gasteiger partial charge in [-0.25, -0.2) is 4.68 Å². The van der Waals surface area contributed by atoms with E-state index in [9.17, 15) is 4.79 Å². The summed E-state index contributed by atoms with van der Waals surface area (Å²) in [5.41, 5.74) is 6.64. The predicted molar refractivity (Wildman–Crippen MR) is 82.4 cm³/mol. The van der Waals surface area contributed by atoms with Crippen molar-refractivity contribution in [2.24, 2.45) is 0 Å². The fourth-order valence-electron chi connectivity index (χ4n) is 1.69. The van der Waals surface area contributed by atoms with Crippen LogP contribution < -0.4 is 16.6 Å². The molecule has 0 aromatic carbocycles. The van der Waals surface area contributed by atoms with Crippen molar-refractivity contribution in [3.63, 3.8) is 0 Å². The van der Waals surface area contributed by atoms with Crippen molar-refractivity contribution < 1.29 is 0 Å². The van der Waals surface area contributed by atoms with Crippen LogP contribution in [0, 0.1) is 0 Å². The van der Waals surface area contributed by atoms with E-state index in [0.717, 1.165) is 5.56 Å². The molecule has 2 aromatic rings. The van der Waals surface area contributed by atoms with Crippen molar-refractivity contribution in [1.82, 2.24) is 24.9 Å². The number of H-pyrrole nitrogens is 1. The van der Waals surface area contributed by atoms with E-state index < -0.39 is 0 Å². The van der Waals surface area contributed by atoms with E-state index in [-0.39, 0.29) is 10.6 Å². The number of rotatable bonds is 6. The van der Waals surface area contributed by atoms with Crippen LogP contribution in [-0.2, 0) is 13.1 Å². The molecule has 21 heavy (non-hydrogen) atoms. The molecule has 9 heteroatoms. The zero-order valence-electron chi connectivity index (χ0n) is 11.9. The summed E-state index contributed by atoms with van der Waals surface area (Å²) in [5.74, 6) is 0.478. The molecule has 4 N–H and O–H groups in total. The highest BCUT2D eigenvalue weighted by Gasteiger charge is 2.10. The van der Waals surface area contributed by atoms with E-state index in [0.29, 0.717) is 31.1 Å². The Hall–Kier alpha value is -2.06. The van der Waals surface area contributed by atoms with Gasteiger partial charge in [0, 0.05) is 18.7 Å². The molecule has 8 nitrogen and oxygen atoms in total. The molecule has 0 radical (unpaired) electrons. The number of nitrogen functional groups attached to an aromatic ring is 1. The number of likely N-dealkylation sites (N-methyl/N-ethyl adjacent to an activating group) is 1. The Kier molecular flexibility index (Phi) is 4.81. The third kappa shape index (κ3) is 3.73. The molecule has 114 valence electrons. The molecule has 0 aliphatic rings. The summed E-state index contributed by atoms with van der Waals surface area (Å²) >= 11 is 6.09. The highest BCUT2D eigenvalue weighted by atomic mass is 35.5. The van der Waals surface area contributed by atoms with Crippen molar-refractivity contribution >= 4 is 23.1 Å². The van der Waals surface area contributed by atoms with Gasteiger partial charge in [0.2, 0.25) is 0 Å². The second-order valence-corrected chi connectivity index (χ2v) is 5.24. The monoisotopic (exact) mass is 311 g/mol. The third-order valence-corrected chi connectivity index (χ3v) is 3.33. The van der Waals surface area contributed by atoms with Crippen molar-refractivity contribution in [2.45, 2.75) is 13.1 Å². The number of nitrogens with zero attached hydrogens (tertiary/aromatic N) is 4. The SMILES string of the molecule is CN(C)CCn1ncc(NCc2cn[nH]c2N)c(Cl)c1=O. The van der Waals surface area contributed by atoms with Gasteiger partial charge >= 0.3 is 0 Å². The first-order valence-electron chi connectivity index (χ1n) is 6.41. The van der Waals surface area contributed by atoms with Gasteiger partial charge in [-0.3, -0.25) is 9.89 Å². The third-order valence-electron chi connectivity index (χ3n) is 2.96. The molecule has 0 spiro atoms. The molecule has 0 aliphatic carbocycles. The zero-order chi connectivity index (χ0) is 15.4. The molecule has 2 rings (SSSR count). The van der Waals surface area contributed by atoms with Crippen LogP contribution in [0.1, 0.15) is 5.56 Å². The summed E-state index contributed by atoms with van der Waals surface area (Å²) in [5, 5.41) is 13.7. The lowest BCUT2D eigenvalue weighted by Gasteiger charge is -2.12. The Morgan fingerprint density at radius 2 is 2.24 bits per heavy atom. The van der Waals surface area contributed by atoms with Gasteiger partial charge in [-0.1, -0.05) is 11.6 Å². The van der Waals surface area contributed by atoms with Crippen LogP contribution in [0.3, 0.4) is 0 Å². The minimum Gasteiger partial charge on any atom is -0.384 e. The highest BCUT2D eigenvalue weighted by Crippen LogP contribution is 2.17. The summed E-state index contributed by atoms with van der Waals surface area (Å²) in [7, 11) is 3.86. The maximum atomic E-state index is 12.1. The Balaban J connectivity index is 2.09.